The van der Waals surface area contributed by atoms with Gasteiger partial charge in [0.1, 0.15) is 0 Å². The molecule has 126 valence electrons. The van der Waals surface area contributed by atoms with Crippen molar-refractivity contribution in [1.29, 1.82) is 0 Å². The Labute approximate surface area is 154 Å². The Kier molecular flexibility index (Phi) is 6.00. The molecule has 0 unspecified atom stereocenters. The Bertz CT molecular complexity index is 874. The van der Waals surface area contributed by atoms with E-state index in [1.807, 2.05) is 29.5 Å². The van der Waals surface area contributed by atoms with Gasteiger partial charge in [0, 0.05) is 9.65 Å². The number of aryl methyl sites for hydroxylation is 1. The second-order valence-electron chi connectivity index (χ2n) is 4.98. The van der Waals surface area contributed by atoms with Crippen molar-refractivity contribution in [2.24, 2.45) is 0 Å². The topological polar surface area (TPSA) is 72.5 Å². The summed E-state index contributed by atoms with van der Waals surface area (Å²) in [5.41, 5.74) is 2.15. The van der Waals surface area contributed by atoms with E-state index in [0.717, 1.165) is 5.56 Å². The third-order valence-electron chi connectivity index (χ3n) is 3.20. The minimum absolute atomic E-state index is 0.194. The second kappa shape index (κ2) is 7.80. The predicted molar refractivity (Wildman–Crippen MR) is 102 cm³/mol. The van der Waals surface area contributed by atoms with E-state index < -0.39 is 16.0 Å². The van der Waals surface area contributed by atoms with Gasteiger partial charge < -0.3 is 4.74 Å². The number of ether oxygens (including phenoxy) is 1. The van der Waals surface area contributed by atoms with Crippen LogP contribution in [-0.2, 0) is 19.6 Å². The summed E-state index contributed by atoms with van der Waals surface area (Å²) in [5.74, 6) is -0.476. The molecule has 0 aromatic heterocycles. The number of rotatable bonds is 5. The lowest BCUT2D eigenvalue weighted by atomic mass is 10.2. The van der Waals surface area contributed by atoms with E-state index in [2.05, 4.69) is 9.46 Å². The van der Waals surface area contributed by atoms with Crippen molar-refractivity contribution in [2.75, 3.05) is 11.8 Å². The van der Waals surface area contributed by atoms with Gasteiger partial charge in [-0.05, 0) is 59.4 Å². The zero-order chi connectivity index (χ0) is 17.7. The molecule has 0 bridgehead atoms. The van der Waals surface area contributed by atoms with E-state index in [1.165, 1.54) is 13.2 Å². The Morgan fingerprint density at radius 1 is 1.17 bits per heavy atom. The second-order valence-corrected chi connectivity index (χ2v) is 7.74. The Morgan fingerprint density at radius 3 is 2.46 bits per heavy atom. The molecule has 0 atom stereocenters. The highest BCUT2D eigenvalue weighted by atomic mass is 127. The Hall–Kier alpha value is -1.87. The van der Waals surface area contributed by atoms with Crippen molar-refractivity contribution in [3.63, 3.8) is 0 Å². The molecule has 1 N–H and O–H groups in total. The van der Waals surface area contributed by atoms with Gasteiger partial charge >= 0.3 is 5.97 Å². The van der Waals surface area contributed by atoms with E-state index in [-0.39, 0.29) is 4.90 Å². The number of benzene rings is 2. The summed E-state index contributed by atoms with van der Waals surface area (Å²) in [6.07, 6.45) is 2.87. The van der Waals surface area contributed by atoms with Crippen LogP contribution in [0.1, 0.15) is 11.1 Å². The van der Waals surface area contributed by atoms with E-state index in [4.69, 9.17) is 0 Å². The zero-order valence-corrected chi connectivity index (χ0v) is 16.1. The van der Waals surface area contributed by atoms with Crippen LogP contribution in [0.15, 0.2) is 53.4 Å². The van der Waals surface area contributed by atoms with Crippen LogP contribution in [0.3, 0.4) is 0 Å². The summed E-state index contributed by atoms with van der Waals surface area (Å²) in [6.45, 7) is 1.89. The summed E-state index contributed by atoms with van der Waals surface area (Å²) < 4.78 is 32.8. The van der Waals surface area contributed by atoms with Gasteiger partial charge in [-0.1, -0.05) is 29.8 Å². The lowest BCUT2D eigenvalue weighted by Gasteiger charge is -2.11. The molecular formula is C17H16INO4S. The van der Waals surface area contributed by atoms with Crippen LogP contribution in [0, 0.1) is 10.5 Å². The first-order valence-corrected chi connectivity index (χ1v) is 9.54. The van der Waals surface area contributed by atoms with E-state index in [0.29, 0.717) is 14.8 Å². The van der Waals surface area contributed by atoms with Crippen LogP contribution in [-0.4, -0.2) is 21.5 Å². The monoisotopic (exact) mass is 457 g/mol. The number of sulfonamides is 1. The molecule has 2 aromatic carbocycles. The molecule has 24 heavy (non-hydrogen) atoms. The van der Waals surface area contributed by atoms with Crippen molar-refractivity contribution in [1.82, 2.24) is 0 Å². The summed E-state index contributed by atoms with van der Waals surface area (Å²) >= 11 is 2.03. The highest BCUT2D eigenvalue weighted by Gasteiger charge is 2.16. The van der Waals surface area contributed by atoms with Crippen LogP contribution >= 0.6 is 22.6 Å². The van der Waals surface area contributed by atoms with Crippen molar-refractivity contribution in [2.45, 2.75) is 11.8 Å². The molecule has 0 fully saturated rings. The van der Waals surface area contributed by atoms with Crippen molar-refractivity contribution < 1.29 is 17.9 Å². The van der Waals surface area contributed by atoms with Crippen molar-refractivity contribution >= 4 is 50.3 Å². The highest BCUT2D eigenvalue weighted by molar-refractivity contribution is 14.1. The fourth-order valence-electron chi connectivity index (χ4n) is 1.90. The first kappa shape index (κ1) is 18.5. The van der Waals surface area contributed by atoms with Gasteiger partial charge in [0.15, 0.2) is 0 Å². The molecule has 0 amide bonds. The normalized spacial score (nSPS) is 11.5. The number of methoxy groups -OCH3 is 1. The van der Waals surface area contributed by atoms with Gasteiger partial charge in [0.2, 0.25) is 0 Å². The van der Waals surface area contributed by atoms with Crippen LogP contribution in [0.5, 0.6) is 0 Å². The van der Waals surface area contributed by atoms with E-state index >= 15 is 0 Å². The van der Waals surface area contributed by atoms with Gasteiger partial charge in [0.25, 0.3) is 10.0 Å². The largest absolute Gasteiger partial charge is 0.466 e. The number of anilines is 1. The van der Waals surface area contributed by atoms with Gasteiger partial charge in [0.05, 0.1) is 17.7 Å². The lowest BCUT2D eigenvalue weighted by Crippen LogP contribution is -2.14. The maximum Gasteiger partial charge on any atom is 0.330 e. The average Bonchev–Trinajstić information content (AvgIpc) is 2.55. The molecule has 5 nitrogen and oxygen atoms in total. The van der Waals surface area contributed by atoms with Crippen molar-refractivity contribution in [3.05, 3.63) is 63.2 Å². The number of hydrogen-bond acceptors (Lipinski definition) is 4. The predicted octanol–water partition coefficient (Wildman–Crippen LogP) is 3.59. The quantitative estimate of drug-likeness (QED) is 0.423. The first-order valence-electron chi connectivity index (χ1n) is 6.97. The highest BCUT2D eigenvalue weighted by Crippen LogP contribution is 2.26. The molecule has 2 rings (SSSR count). The Balaban J connectivity index is 2.31. The number of carbonyl (C=O) groups is 1. The number of hydrogen-bond donors (Lipinski definition) is 1. The molecule has 7 heteroatoms. The Morgan fingerprint density at radius 2 is 1.83 bits per heavy atom. The van der Waals surface area contributed by atoms with Crippen LogP contribution < -0.4 is 4.72 Å². The van der Waals surface area contributed by atoms with Crippen LogP contribution in [0.25, 0.3) is 6.08 Å². The van der Waals surface area contributed by atoms with Crippen LogP contribution in [0.2, 0.25) is 0 Å². The molecule has 0 saturated carbocycles. The average molecular weight is 457 g/mol. The summed E-state index contributed by atoms with van der Waals surface area (Å²) in [7, 11) is -2.38. The molecule has 0 heterocycles. The zero-order valence-electron chi connectivity index (χ0n) is 13.1. The summed E-state index contributed by atoms with van der Waals surface area (Å²) in [6, 6.07) is 11.8. The standard InChI is InChI=1S/C17H16INO4S/c1-12-6-9-14(10-7-12)24(21,22)19-15-5-3-4-13(17(15)18)8-11-16(20)23-2/h3-11,19H,1-2H3/b11-8+. The molecule has 0 aliphatic heterocycles. The number of nitrogens with one attached hydrogen (secondary N) is 1. The maximum absolute atomic E-state index is 12.5. The van der Waals surface area contributed by atoms with Crippen molar-refractivity contribution in [3.8, 4) is 0 Å². The van der Waals surface area contributed by atoms with Gasteiger partial charge in [-0.3, -0.25) is 4.72 Å². The molecule has 0 aliphatic rings. The molecule has 0 spiro atoms. The fraction of sp³-hybridized carbons (Fsp3) is 0.118. The smallest absolute Gasteiger partial charge is 0.330 e. The third-order valence-corrected chi connectivity index (χ3v) is 5.79. The van der Waals surface area contributed by atoms with Crippen LogP contribution in [0.4, 0.5) is 5.69 Å². The maximum atomic E-state index is 12.5. The molecule has 0 saturated heterocycles. The minimum Gasteiger partial charge on any atom is -0.466 e. The van der Waals surface area contributed by atoms with E-state index in [9.17, 15) is 13.2 Å². The summed E-state index contributed by atoms with van der Waals surface area (Å²) in [4.78, 5) is 11.4. The number of carbonyl (C=O) groups excluding carboxylic acids is 1. The molecule has 2 aromatic rings. The van der Waals surface area contributed by atoms with Gasteiger partial charge in [-0.15, -0.1) is 0 Å². The fourth-order valence-corrected chi connectivity index (χ4v) is 3.83. The third kappa shape index (κ3) is 4.57. The van der Waals surface area contributed by atoms with Gasteiger partial charge in [-0.25, -0.2) is 13.2 Å². The summed E-state index contributed by atoms with van der Waals surface area (Å²) in [5, 5.41) is 0. The number of halogens is 1. The first-order chi connectivity index (χ1) is 11.3. The number of esters is 1. The molecular weight excluding hydrogens is 441 g/mol. The van der Waals surface area contributed by atoms with Gasteiger partial charge in [-0.2, -0.15) is 0 Å². The SMILES string of the molecule is COC(=O)/C=C/c1cccc(NS(=O)(=O)c2ccc(C)cc2)c1I. The molecule has 0 aliphatic carbocycles. The minimum atomic E-state index is -3.68. The molecule has 0 radical (unpaired) electrons. The lowest BCUT2D eigenvalue weighted by molar-refractivity contribution is -0.134. The van der Waals surface area contributed by atoms with E-state index in [1.54, 1.807) is 48.5 Å².